The minimum atomic E-state index is 0.126. The van der Waals surface area contributed by atoms with E-state index >= 15 is 0 Å². The minimum Gasteiger partial charge on any atom is -0.491 e. The van der Waals surface area contributed by atoms with Crippen molar-refractivity contribution in [3.05, 3.63) is 29.8 Å². The topological polar surface area (TPSA) is 26.3 Å². The van der Waals surface area contributed by atoms with Crippen LogP contribution in [0.25, 0.3) is 0 Å². The molecular formula is C14H18O2S2. The molecule has 0 aliphatic carbocycles. The van der Waals surface area contributed by atoms with E-state index in [0.29, 0.717) is 0 Å². The highest BCUT2D eigenvalue weighted by atomic mass is 32.2. The molecule has 2 nitrogen and oxygen atoms in total. The van der Waals surface area contributed by atoms with Gasteiger partial charge in [0.05, 0.1) is 11.4 Å². The second kappa shape index (κ2) is 6.53. The maximum absolute atomic E-state index is 12.3. The van der Waals surface area contributed by atoms with Crippen molar-refractivity contribution in [1.82, 2.24) is 0 Å². The predicted molar refractivity (Wildman–Crippen MR) is 80.1 cm³/mol. The first kappa shape index (κ1) is 13.8. The monoisotopic (exact) mass is 282 g/mol. The second-order valence-corrected chi connectivity index (χ2v) is 6.95. The van der Waals surface area contributed by atoms with E-state index in [0.717, 1.165) is 28.6 Å². The maximum Gasteiger partial charge on any atom is 0.176 e. The number of ether oxygens (including phenoxy) is 1. The van der Waals surface area contributed by atoms with Crippen LogP contribution in [0.4, 0.5) is 0 Å². The Bertz CT molecular complexity index is 395. The molecule has 1 aliphatic rings. The zero-order chi connectivity index (χ0) is 13.0. The summed E-state index contributed by atoms with van der Waals surface area (Å²) in [7, 11) is 0. The molecule has 1 heterocycles. The van der Waals surface area contributed by atoms with Gasteiger partial charge in [0.1, 0.15) is 5.75 Å². The summed E-state index contributed by atoms with van der Waals surface area (Å²) in [4.78, 5) is 12.3. The van der Waals surface area contributed by atoms with Gasteiger partial charge in [-0.15, -0.1) is 11.8 Å². The molecule has 18 heavy (non-hydrogen) atoms. The second-order valence-electron chi connectivity index (χ2n) is 4.49. The van der Waals surface area contributed by atoms with E-state index in [1.165, 1.54) is 0 Å². The van der Waals surface area contributed by atoms with Crippen molar-refractivity contribution in [1.29, 1.82) is 0 Å². The molecule has 1 aromatic carbocycles. The fraction of sp³-hybridized carbons (Fsp3) is 0.500. The maximum atomic E-state index is 12.3. The van der Waals surface area contributed by atoms with Gasteiger partial charge in [0.25, 0.3) is 0 Å². The van der Waals surface area contributed by atoms with Gasteiger partial charge in [-0.05, 0) is 38.1 Å². The third kappa shape index (κ3) is 3.69. The number of hydrogen-bond donors (Lipinski definition) is 0. The molecule has 4 heteroatoms. The van der Waals surface area contributed by atoms with Crippen LogP contribution < -0.4 is 4.74 Å². The number of benzene rings is 1. The van der Waals surface area contributed by atoms with Gasteiger partial charge >= 0.3 is 0 Å². The van der Waals surface area contributed by atoms with Crippen LogP contribution in [0.1, 0.15) is 24.2 Å². The van der Waals surface area contributed by atoms with Gasteiger partial charge in [-0.2, -0.15) is 11.8 Å². The lowest BCUT2D eigenvalue weighted by atomic mass is 10.1. The highest BCUT2D eigenvalue weighted by Gasteiger charge is 2.23. The molecule has 1 fully saturated rings. The van der Waals surface area contributed by atoms with Crippen molar-refractivity contribution < 1.29 is 9.53 Å². The lowest BCUT2D eigenvalue weighted by molar-refractivity contribution is 0.0995. The first-order chi connectivity index (χ1) is 8.66. The fourth-order valence-electron chi connectivity index (χ4n) is 1.79. The normalized spacial score (nSPS) is 19.8. The molecule has 1 unspecified atom stereocenters. The van der Waals surface area contributed by atoms with Crippen LogP contribution >= 0.6 is 23.5 Å². The van der Waals surface area contributed by atoms with Gasteiger partial charge in [-0.3, -0.25) is 4.79 Å². The smallest absolute Gasteiger partial charge is 0.176 e. The lowest BCUT2D eigenvalue weighted by Crippen LogP contribution is -2.24. The largest absolute Gasteiger partial charge is 0.491 e. The van der Waals surface area contributed by atoms with Crippen molar-refractivity contribution in [2.24, 2.45) is 0 Å². The quantitative estimate of drug-likeness (QED) is 0.790. The molecule has 98 valence electrons. The molecule has 0 saturated carbocycles. The number of carbonyl (C=O) groups excluding carboxylic acids is 1. The summed E-state index contributed by atoms with van der Waals surface area (Å²) < 4.78 is 5.57. The van der Waals surface area contributed by atoms with E-state index in [1.54, 1.807) is 11.8 Å². The first-order valence-corrected chi connectivity index (χ1v) is 8.37. The van der Waals surface area contributed by atoms with E-state index in [-0.39, 0.29) is 17.1 Å². The Kier molecular flexibility index (Phi) is 5.01. The van der Waals surface area contributed by atoms with Gasteiger partial charge in [-0.25, -0.2) is 0 Å². The number of rotatable bonds is 4. The Morgan fingerprint density at radius 1 is 1.28 bits per heavy atom. The molecule has 1 aromatic rings. The number of ketones is 1. The van der Waals surface area contributed by atoms with Crippen molar-refractivity contribution in [2.75, 3.05) is 17.3 Å². The SMILES string of the molecule is CC(C)Oc1ccc(C(=O)C2CSCCS2)cc1. The van der Waals surface area contributed by atoms with Gasteiger partial charge < -0.3 is 4.74 Å². The average molecular weight is 282 g/mol. The van der Waals surface area contributed by atoms with Crippen LogP contribution in [0.3, 0.4) is 0 Å². The Balaban J connectivity index is 2.02. The molecule has 1 aliphatic heterocycles. The highest BCUT2D eigenvalue weighted by Crippen LogP contribution is 2.27. The number of thioether (sulfide) groups is 2. The third-order valence-electron chi connectivity index (χ3n) is 2.62. The van der Waals surface area contributed by atoms with Crippen LogP contribution in [0.2, 0.25) is 0 Å². The van der Waals surface area contributed by atoms with Gasteiger partial charge in [0.2, 0.25) is 0 Å². The molecule has 1 atom stereocenters. The zero-order valence-electron chi connectivity index (χ0n) is 10.7. The summed E-state index contributed by atoms with van der Waals surface area (Å²) in [5, 5.41) is 0.126. The molecule has 0 bridgehead atoms. The molecular weight excluding hydrogens is 264 g/mol. The molecule has 2 rings (SSSR count). The van der Waals surface area contributed by atoms with Crippen LogP contribution in [-0.2, 0) is 0 Å². The summed E-state index contributed by atoms with van der Waals surface area (Å²) in [6.07, 6.45) is 0.164. The number of Topliss-reactive ketones (excluding diaryl/α,β-unsaturated/α-hetero) is 1. The van der Waals surface area contributed by atoms with Gasteiger partial charge in [0, 0.05) is 22.8 Å². The van der Waals surface area contributed by atoms with E-state index in [4.69, 9.17) is 4.74 Å². The minimum absolute atomic E-state index is 0.126. The molecule has 0 radical (unpaired) electrons. The summed E-state index contributed by atoms with van der Waals surface area (Å²) >= 11 is 3.65. The van der Waals surface area contributed by atoms with Crippen molar-refractivity contribution >= 4 is 29.3 Å². The molecule has 0 N–H and O–H groups in total. The Hall–Kier alpha value is -0.610. The Morgan fingerprint density at radius 3 is 2.56 bits per heavy atom. The molecule has 1 saturated heterocycles. The lowest BCUT2D eigenvalue weighted by Gasteiger charge is -2.19. The van der Waals surface area contributed by atoms with Crippen LogP contribution in [-0.4, -0.2) is 34.4 Å². The van der Waals surface area contributed by atoms with Crippen LogP contribution in [0, 0.1) is 0 Å². The van der Waals surface area contributed by atoms with Crippen molar-refractivity contribution in [2.45, 2.75) is 25.2 Å². The standard InChI is InChI=1S/C14H18O2S2/c1-10(2)16-12-5-3-11(4-6-12)14(15)13-9-17-7-8-18-13/h3-6,10,13H,7-9H2,1-2H3. The Labute approximate surface area is 117 Å². The third-order valence-corrected chi connectivity index (χ3v) is 5.37. The highest BCUT2D eigenvalue weighted by molar-refractivity contribution is 8.07. The molecule has 0 aromatic heterocycles. The summed E-state index contributed by atoms with van der Waals surface area (Å²) in [6.45, 7) is 3.99. The number of hydrogen-bond acceptors (Lipinski definition) is 4. The van der Waals surface area contributed by atoms with E-state index < -0.39 is 0 Å². The van der Waals surface area contributed by atoms with Crippen LogP contribution in [0.5, 0.6) is 5.75 Å². The van der Waals surface area contributed by atoms with Crippen LogP contribution in [0.15, 0.2) is 24.3 Å². The Morgan fingerprint density at radius 2 is 2.00 bits per heavy atom. The van der Waals surface area contributed by atoms with E-state index in [2.05, 4.69) is 0 Å². The molecule has 0 amide bonds. The number of carbonyl (C=O) groups is 1. The van der Waals surface area contributed by atoms with Gasteiger partial charge in [-0.1, -0.05) is 0 Å². The average Bonchev–Trinajstić information content (AvgIpc) is 2.39. The first-order valence-electron chi connectivity index (χ1n) is 6.17. The summed E-state index contributed by atoms with van der Waals surface area (Å²) in [6, 6.07) is 7.52. The van der Waals surface area contributed by atoms with E-state index in [9.17, 15) is 4.79 Å². The summed E-state index contributed by atoms with van der Waals surface area (Å²) in [5.41, 5.74) is 0.797. The van der Waals surface area contributed by atoms with Crippen molar-refractivity contribution in [3.63, 3.8) is 0 Å². The van der Waals surface area contributed by atoms with E-state index in [1.807, 2.05) is 49.9 Å². The predicted octanol–water partition coefficient (Wildman–Crippen LogP) is 3.51. The van der Waals surface area contributed by atoms with Gasteiger partial charge in [0.15, 0.2) is 5.78 Å². The van der Waals surface area contributed by atoms with Crippen molar-refractivity contribution in [3.8, 4) is 5.75 Å². The molecule has 0 spiro atoms. The fourth-order valence-corrected chi connectivity index (χ4v) is 4.43. The zero-order valence-corrected chi connectivity index (χ0v) is 12.4. The summed E-state index contributed by atoms with van der Waals surface area (Å²) in [5.74, 6) is 4.26.